The third kappa shape index (κ3) is 3.49. The molecular weight excluding hydrogens is 278 g/mol. The molecule has 0 aliphatic carbocycles. The van der Waals surface area contributed by atoms with Gasteiger partial charge < -0.3 is 20.6 Å². The Hall–Kier alpha value is -2.69. The number of para-hydroxylation sites is 1. The van der Waals surface area contributed by atoms with E-state index in [9.17, 15) is 9.90 Å². The van der Waals surface area contributed by atoms with Crippen LogP contribution in [-0.2, 0) is 0 Å². The Morgan fingerprint density at radius 1 is 1.09 bits per heavy atom. The maximum atomic E-state index is 12.0. The number of carbonyl (C=O) groups excluding carboxylic acids is 1. The Morgan fingerprint density at radius 2 is 1.82 bits per heavy atom. The summed E-state index contributed by atoms with van der Waals surface area (Å²) in [6.07, 6.45) is 0.928. The van der Waals surface area contributed by atoms with Crippen molar-refractivity contribution in [2.45, 2.75) is 12.5 Å². The van der Waals surface area contributed by atoms with E-state index in [4.69, 9.17) is 0 Å². The predicted octanol–water partition coefficient (Wildman–Crippen LogP) is 2.79. The monoisotopic (exact) mass is 297 g/mol. The van der Waals surface area contributed by atoms with Gasteiger partial charge in [0.2, 0.25) is 0 Å². The van der Waals surface area contributed by atoms with E-state index >= 15 is 0 Å². The highest BCUT2D eigenvalue weighted by molar-refractivity contribution is 5.89. The van der Waals surface area contributed by atoms with Gasteiger partial charge in [-0.3, -0.25) is 0 Å². The zero-order chi connectivity index (χ0) is 15.4. The number of hydrogen-bond acceptors (Lipinski definition) is 3. The van der Waals surface area contributed by atoms with Crippen LogP contribution in [0.2, 0.25) is 0 Å². The van der Waals surface area contributed by atoms with E-state index < -0.39 is 0 Å². The molecule has 0 spiro atoms. The van der Waals surface area contributed by atoms with Crippen LogP contribution in [0.15, 0.2) is 54.6 Å². The quantitative estimate of drug-likeness (QED) is 0.763. The minimum absolute atomic E-state index is 0.136. The molecule has 0 saturated carbocycles. The number of anilines is 2. The Labute approximate surface area is 129 Å². The molecule has 2 aromatic rings. The van der Waals surface area contributed by atoms with Gasteiger partial charge in [0.15, 0.2) is 0 Å². The van der Waals surface area contributed by atoms with Crippen molar-refractivity contribution in [3.8, 4) is 5.75 Å². The molecule has 1 aliphatic heterocycles. The van der Waals surface area contributed by atoms with Crippen LogP contribution in [0.1, 0.15) is 6.42 Å². The molecule has 1 heterocycles. The second kappa shape index (κ2) is 6.39. The number of carbonyl (C=O) groups is 1. The first-order chi connectivity index (χ1) is 10.7. The van der Waals surface area contributed by atoms with Crippen LogP contribution in [0.25, 0.3) is 0 Å². The molecule has 5 nitrogen and oxygen atoms in total. The summed E-state index contributed by atoms with van der Waals surface area (Å²) in [5.41, 5.74) is 1.85. The molecule has 0 aromatic heterocycles. The molecule has 5 heteroatoms. The third-order valence-corrected chi connectivity index (χ3v) is 3.77. The van der Waals surface area contributed by atoms with Gasteiger partial charge in [-0.2, -0.15) is 0 Å². The number of amides is 2. The molecule has 0 bridgehead atoms. The molecule has 2 amide bonds. The first-order valence-electron chi connectivity index (χ1n) is 7.37. The normalized spacial score (nSPS) is 17.3. The van der Waals surface area contributed by atoms with Crippen molar-refractivity contribution in [2.24, 2.45) is 0 Å². The number of nitrogens with zero attached hydrogens (tertiary/aromatic N) is 1. The van der Waals surface area contributed by atoms with Crippen LogP contribution in [0.4, 0.5) is 16.2 Å². The van der Waals surface area contributed by atoms with Gasteiger partial charge in [-0.15, -0.1) is 0 Å². The standard InChI is InChI=1S/C17H19N3O2/c21-16-8-6-13(7-9-16)18-17(22)19-14-10-11-20(12-14)15-4-2-1-3-5-15/h1-9,14,21H,10-12H2,(H2,18,19,22). The van der Waals surface area contributed by atoms with Gasteiger partial charge in [0, 0.05) is 30.5 Å². The highest BCUT2D eigenvalue weighted by Crippen LogP contribution is 2.20. The summed E-state index contributed by atoms with van der Waals surface area (Å²) in [4.78, 5) is 14.3. The van der Waals surface area contributed by atoms with Crippen LogP contribution in [0, 0.1) is 0 Å². The number of aromatic hydroxyl groups is 1. The number of urea groups is 1. The van der Waals surface area contributed by atoms with Crippen molar-refractivity contribution < 1.29 is 9.90 Å². The lowest BCUT2D eigenvalue weighted by atomic mass is 10.2. The van der Waals surface area contributed by atoms with E-state index in [1.165, 1.54) is 5.69 Å². The summed E-state index contributed by atoms with van der Waals surface area (Å²) in [5.74, 6) is 0.181. The Morgan fingerprint density at radius 3 is 2.55 bits per heavy atom. The van der Waals surface area contributed by atoms with Gasteiger partial charge in [0.1, 0.15) is 5.75 Å². The molecule has 1 unspecified atom stereocenters. The molecule has 2 aromatic carbocycles. The lowest BCUT2D eigenvalue weighted by Gasteiger charge is -2.19. The van der Waals surface area contributed by atoms with E-state index in [-0.39, 0.29) is 17.8 Å². The van der Waals surface area contributed by atoms with Crippen molar-refractivity contribution in [3.05, 3.63) is 54.6 Å². The van der Waals surface area contributed by atoms with Crippen LogP contribution in [0.3, 0.4) is 0 Å². The van der Waals surface area contributed by atoms with Crippen LogP contribution in [-0.4, -0.2) is 30.3 Å². The van der Waals surface area contributed by atoms with Gasteiger partial charge in [0.25, 0.3) is 0 Å². The number of phenols is 1. The third-order valence-electron chi connectivity index (χ3n) is 3.77. The van der Waals surface area contributed by atoms with Gasteiger partial charge in [-0.25, -0.2) is 4.79 Å². The summed E-state index contributed by atoms with van der Waals surface area (Å²) in [5, 5.41) is 15.0. The average molecular weight is 297 g/mol. The van der Waals surface area contributed by atoms with E-state index in [0.717, 1.165) is 19.5 Å². The molecule has 0 radical (unpaired) electrons. The Bertz CT molecular complexity index is 628. The molecule has 22 heavy (non-hydrogen) atoms. The van der Waals surface area contributed by atoms with Crippen molar-refractivity contribution in [1.82, 2.24) is 5.32 Å². The lowest BCUT2D eigenvalue weighted by Crippen LogP contribution is -2.39. The van der Waals surface area contributed by atoms with E-state index in [2.05, 4.69) is 27.7 Å². The number of phenolic OH excluding ortho intramolecular Hbond substituents is 1. The van der Waals surface area contributed by atoms with E-state index in [1.54, 1.807) is 24.3 Å². The summed E-state index contributed by atoms with van der Waals surface area (Å²) in [6.45, 7) is 1.75. The smallest absolute Gasteiger partial charge is 0.319 e. The summed E-state index contributed by atoms with van der Waals surface area (Å²) < 4.78 is 0. The minimum Gasteiger partial charge on any atom is -0.508 e. The fraction of sp³-hybridized carbons (Fsp3) is 0.235. The van der Waals surface area contributed by atoms with E-state index in [0.29, 0.717) is 5.69 Å². The van der Waals surface area contributed by atoms with Gasteiger partial charge in [-0.1, -0.05) is 18.2 Å². The number of hydrogen-bond donors (Lipinski definition) is 3. The summed E-state index contributed by atoms with van der Waals surface area (Å²) in [6, 6.07) is 16.5. The van der Waals surface area contributed by atoms with Crippen molar-refractivity contribution >= 4 is 17.4 Å². The molecule has 114 valence electrons. The van der Waals surface area contributed by atoms with Crippen molar-refractivity contribution in [2.75, 3.05) is 23.3 Å². The average Bonchev–Trinajstić information content (AvgIpc) is 2.99. The second-order valence-electron chi connectivity index (χ2n) is 5.41. The highest BCUT2D eigenvalue weighted by atomic mass is 16.3. The molecule has 3 rings (SSSR count). The largest absolute Gasteiger partial charge is 0.508 e. The molecule has 1 saturated heterocycles. The first kappa shape index (κ1) is 14.3. The Kier molecular flexibility index (Phi) is 4.14. The fourth-order valence-corrected chi connectivity index (χ4v) is 2.65. The number of benzene rings is 2. The topological polar surface area (TPSA) is 64.6 Å². The van der Waals surface area contributed by atoms with Crippen LogP contribution < -0.4 is 15.5 Å². The summed E-state index contributed by atoms with van der Waals surface area (Å²) >= 11 is 0. The zero-order valence-corrected chi connectivity index (χ0v) is 12.2. The molecule has 3 N–H and O–H groups in total. The molecular formula is C17H19N3O2. The van der Waals surface area contributed by atoms with E-state index in [1.807, 2.05) is 18.2 Å². The predicted molar refractivity (Wildman–Crippen MR) is 87.3 cm³/mol. The number of rotatable bonds is 3. The van der Waals surface area contributed by atoms with Crippen LogP contribution >= 0.6 is 0 Å². The fourth-order valence-electron chi connectivity index (χ4n) is 2.65. The molecule has 1 fully saturated rings. The maximum absolute atomic E-state index is 12.0. The summed E-state index contributed by atoms with van der Waals surface area (Å²) in [7, 11) is 0. The Balaban J connectivity index is 1.51. The minimum atomic E-state index is -0.217. The van der Waals surface area contributed by atoms with Gasteiger partial charge >= 0.3 is 6.03 Å². The second-order valence-corrected chi connectivity index (χ2v) is 5.41. The SMILES string of the molecule is O=C(Nc1ccc(O)cc1)NC1CCN(c2ccccc2)C1. The molecule has 1 atom stereocenters. The lowest BCUT2D eigenvalue weighted by molar-refractivity contribution is 0.249. The highest BCUT2D eigenvalue weighted by Gasteiger charge is 2.23. The first-order valence-corrected chi connectivity index (χ1v) is 7.37. The number of nitrogens with one attached hydrogen (secondary N) is 2. The van der Waals surface area contributed by atoms with Gasteiger partial charge in [0.05, 0.1) is 0 Å². The zero-order valence-electron chi connectivity index (χ0n) is 12.2. The van der Waals surface area contributed by atoms with Crippen LogP contribution in [0.5, 0.6) is 5.75 Å². The van der Waals surface area contributed by atoms with Gasteiger partial charge in [-0.05, 0) is 42.8 Å². The molecule has 1 aliphatic rings. The van der Waals surface area contributed by atoms with Crippen molar-refractivity contribution in [3.63, 3.8) is 0 Å². The maximum Gasteiger partial charge on any atom is 0.319 e. The van der Waals surface area contributed by atoms with Crippen molar-refractivity contribution in [1.29, 1.82) is 0 Å².